The zero-order valence-corrected chi connectivity index (χ0v) is 16.3. The van der Waals surface area contributed by atoms with Crippen molar-refractivity contribution in [1.82, 2.24) is 10.3 Å². The lowest BCUT2D eigenvalue weighted by molar-refractivity contribution is 0.467. The van der Waals surface area contributed by atoms with Crippen LogP contribution in [0.3, 0.4) is 0 Å². The molecule has 3 aromatic rings. The van der Waals surface area contributed by atoms with Crippen LogP contribution in [0.25, 0.3) is 10.8 Å². The van der Waals surface area contributed by atoms with Gasteiger partial charge in [-0.2, -0.15) is 0 Å². The molecule has 1 saturated heterocycles. The monoisotopic (exact) mass is 376 g/mol. The number of nitrogens with one attached hydrogen (secondary N) is 2. The zero-order chi connectivity index (χ0) is 18.6. The number of thiocarbonyl (C=S) groups is 1. The number of para-hydroxylation sites is 1. The van der Waals surface area contributed by atoms with E-state index in [1.807, 2.05) is 18.3 Å². The number of anilines is 2. The summed E-state index contributed by atoms with van der Waals surface area (Å²) in [7, 11) is 0. The molecule has 2 aromatic carbocycles. The Balaban J connectivity index is 1.36. The molecule has 27 heavy (non-hydrogen) atoms. The van der Waals surface area contributed by atoms with E-state index in [1.165, 1.54) is 16.3 Å². The first-order valence-electron chi connectivity index (χ1n) is 9.42. The summed E-state index contributed by atoms with van der Waals surface area (Å²) in [4.78, 5) is 7.04. The Labute approximate surface area is 165 Å². The summed E-state index contributed by atoms with van der Waals surface area (Å²) in [6.45, 7) is 4.04. The quantitative estimate of drug-likeness (QED) is 0.659. The predicted molar refractivity (Wildman–Crippen MR) is 118 cm³/mol. The topological polar surface area (TPSA) is 40.2 Å². The van der Waals surface area contributed by atoms with Gasteiger partial charge in [0.2, 0.25) is 0 Å². The van der Waals surface area contributed by atoms with E-state index in [2.05, 4.69) is 69.9 Å². The maximum Gasteiger partial charge on any atom is 0.171 e. The fraction of sp³-hybridized carbons (Fsp3) is 0.273. The van der Waals surface area contributed by atoms with Gasteiger partial charge in [-0.15, -0.1) is 0 Å². The fourth-order valence-electron chi connectivity index (χ4n) is 3.65. The SMILES string of the molecule is Cc1ccccc1NC(=S)NC1CCN(c2nccc3ccccc23)CC1. The number of fused-ring (bicyclic) bond motifs is 1. The summed E-state index contributed by atoms with van der Waals surface area (Å²) < 4.78 is 0. The largest absolute Gasteiger partial charge is 0.360 e. The minimum absolute atomic E-state index is 0.389. The molecule has 0 bridgehead atoms. The van der Waals surface area contributed by atoms with Crippen molar-refractivity contribution in [3.8, 4) is 0 Å². The molecule has 0 radical (unpaired) electrons. The van der Waals surface area contributed by atoms with Gasteiger partial charge >= 0.3 is 0 Å². The molecular weight excluding hydrogens is 352 g/mol. The van der Waals surface area contributed by atoms with Gasteiger partial charge in [-0.1, -0.05) is 42.5 Å². The predicted octanol–water partition coefficient (Wildman–Crippen LogP) is 4.50. The number of hydrogen-bond donors (Lipinski definition) is 2. The maximum absolute atomic E-state index is 5.51. The highest BCUT2D eigenvalue weighted by Gasteiger charge is 2.22. The molecule has 4 nitrogen and oxygen atoms in total. The van der Waals surface area contributed by atoms with Crippen LogP contribution >= 0.6 is 12.2 Å². The fourth-order valence-corrected chi connectivity index (χ4v) is 3.92. The molecule has 5 heteroatoms. The highest BCUT2D eigenvalue weighted by atomic mass is 32.1. The lowest BCUT2D eigenvalue weighted by Gasteiger charge is -2.34. The lowest BCUT2D eigenvalue weighted by Crippen LogP contribution is -2.46. The van der Waals surface area contributed by atoms with Crippen molar-refractivity contribution in [2.75, 3.05) is 23.3 Å². The maximum atomic E-state index is 5.51. The molecule has 138 valence electrons. The van der Waals surface area contributed by atoms with E-state index in [4.69, 9.17) is 12.2 Å². The molecule has 1 aliphatic heterocycles. The van der Waals surface area contributed by atoms with E-state index in [1.54, 1.807) is 0 Å². The second kappa shape index (κ2) is 7.92. The second-order valence-corrected chi connectivity index (χ2v) is 7.44. The van der Waals surface area contributed by atoms with Gasteiger partial charge < -0.3 is 15.5 Å². The van der Waals surface area contributed by atoms with Crippen LogP contribution in [0.5, 0.6) is 0 Å². The van der Waals surface area contributed by atoms with Crippen LogP contribution in [0.4, 0.5) is 11.5 Å². The molecule has 0 atom stereocenters. The number of benzene rings is 2. The number of hydrogen-bond acceptors (Lipinski definition) is 3. The number of aromatic nitrogens is 1. The summed E-state index contributed by atoms with van der Waals surface area (Å²) in [5.41, 5.74) is 2.26. The first-order chi connectivity index (χ1) is 13.2. The summed E-state index contributed by atoms with van der Waals surface area (Å²) >= 11 is 5.51. The average Bonchev–Trinajstić information content (AvgIpc) is 2.70. The molecule has 1 aliphatic rings. The van der Waals surface area contributed by atoms with Crippen molar-refractivity contribution in [3.05, 3.63) is 66.4 Å². The molecular formula is C22H24N4S. The molecule has 2 N–H and O–H groups in total. The normalized spacial score (nSPS) is 14.9. The van der Waals surface area contributed by atoms with Crippen LogP contribution in [0, 0.1) is 6.92 Å². The standard InChI is InChI=1S/C22H24N4S/c1-16-6-2-5-9-20(16)25-22(27)24-18-11-14-26(15-12-18)21-19-8-4-3-7-17(19)10-13-23-21/h2-10,13,18H,11-12,14-15H2,1H3,(H2,24,25,27). The summed E-state index contributed by atoms with van der Waals surface area (Å²) in [6.07, 6.45) is 3.99. The van der Waals surface area contributed by atoms with E-state index in [9.17, 15) is 0 Å². The molecule has 1 fully saturated rings. The molecule has 2 heterocycles. The van der Waals surface area contributed by atoms with Crippen LogP contribution in [-0.2, 0) is 0 Å². The van der Waals surface area contributed by atoms with Crippen LogP contribution in [0.15, 0.2) is 60.8 Å². The van der Waals surface area contributed by atoms with Crippen molar-refractivity contribution < 1.29 is 0 Å². The lowest BCUT2D eigenvalue weighted by atomic mass is 10.0. The van der Waals surface area contributed by atoms with Gasteiger partial charge in [-0.3, -0.25) is 0 Å². The Kier molecular flexibility index (Phi) is 5.21. The molecule has 0 saturated carbocycles. The van der Waals surface area contributed by atoms with Gasteiger partial charge in [-0.05, 0) is 55.1 Å². The molecule has 0 aliphatic carbocycles. The van der Waals surface area contributed by atoms with Crippen molar-refractivity contribution in [1.29, 1.82) is 0 Å². The van der Waals surface area contributed by atoms with Gasteiger partial charge in [0.25, 0.3) is 0 Å². The minimum atomic E-state index is 0.389. The number of aryl methyl sites for hydroxylation is 1. The number of pyridine rings is 1. The molecule has 1 aromatic heterocycles. The van der Waals surface area contributed by atoms with Crippen molar-refractivity contribution in [2.45, 2.75) is 25.8 Å². The number of piperidine rings is 1. The number of rotatable bonds is 3. The minimum Gasteiger partial charge on any atom is -0.360 e. The second-order valence-electron chi connectivity index (χ2n) is 7.03. The van der Waals surface area contributed by atoms with Crippen LogP contribution in [-0.4, -0.2) is 29.2 Å². The Morgan fingerprint density at radius 1 is 1.04 bits per heavy atom. The van der Waals surface area contributed by atoms with Crippen LogP contribution in [0.1, 0.15) is 18.4 Å². The van der Waals surface area contributed by atoms with E-state index < -0.39 is 0 Å². The summed E-state index contributed by atoms with van der Waals surface area (Å²) in [5, 5.41) is 9.96. The van der Waals surface area contributed by atoms with Gasteiger partial charge in [0.1, 0.15) is 5.82 Å². The Morgan fingerprint density at radius 3 is 2.59 bits per heavy atom. The first-order valence-corrected chi connectivity index (χ1v) is 9.83. The summed E-state index contributed by atoms with van der Waals surface area (Å²) in [6, 6.07) is 19.1. The zero-order valence-electron chi connectivity index (χ0n) is 15.5. The average molecular weight is 377 g/mol. The van der Waals surface area contributed by atoms with Gasteiger partial charge in [0, 0.05) is 36.4 Å². The Bertz CT molecular complexity index is 942. The number of nitrogens with zero attached hydrogens (tertiary/aromatic N) is 2. The smallest absolute Gasteiger partial charge is 0.171 e. The van der Waals surface area contributed by atoms with E-state index in [0.717, 1.165) is 37.4 Å². The highest BCUT2D eigenvalue weighted by molar-refractivity contribution is 7.80. The van der Waals surface area contributed by atoms with E-state index in [-0.39, 0.29) is 0 Å². The van der Waals surface area contributed by atoms with E-state index >= 15 is 0 Å². The Morgan fingerprint density at radius 2 is 1.78 bits per heavy atom. The molecule has 4 rings (SSSR count). The van der Waals surface area contributed by atoms with Crippen molar-refractivity contribution in [3.63, 3.8) is 0 Å². The van der Waals surface area contributed by atoms with E-state index in [0.29, 0.717) is 11.2 Å². The summed E-state index contributed by atoms with van der Waals surface area (Å²) in [5.74, 6) is 1.09. The van der Waals surface area contributed by atoms with Gasteiger partial charge in [0.05, 0.1) is 0 Å². The van der Waals surface area contributed by atoms with Crippen molar-refractivity contribution in [2.24, 2.45) is 0 Å². The Hall–Kier alpha value is -2.66. The first kappa shape index (κ1) is 17.7. The third kappa shape index (κ3) is 4.03. The third-order valence-electron chi connectivity index (χ3n) is 5.18. The van der Waals surface area contributed by atoms with Gasteiger partial charge in [-0.25, -0.2) is 4.98 Å². The van der Waals surface area contributed by atoms with Crippen LogP contribution < -0.4 is 15.5 Å². The van der Waals surface area contributed by atoms with Gasteiger partial charge in [0.15, 0.2) is 5.11 Å². The highest BCUT2D eigenvalue weighted by Crippen LogP contribution is 2.26. The molecule has 0 amide bonds. The molecule has 0 unspecified atom stereocenters. The van der Waals surface area contributed by atoms with Crippen molar-refractivity contribution >= 4 is 39.6 Å². The third-order valence-corrected chi connectivity index (χ3v) is 5.40. The molecule has 0 spiro atoms. The van der Waals surface area contributed by atoms with Crippen LogP contribution in [0.2, 0.25) is 0 Å².